The van der Waals surface area contributed by atoms with Gasteiger partial charge >= 0.3 is 0 Å². The van der Waals surface area contributed by atoms with Crippen molar-refractivity contribution < 1.29 is 13.7 Å². The van der Waals surface area contributed by atoms with E-state index in [1.54, 1.807) is 0 Å². The zero-order valence-corrected chi connectivity index (χ0v) is 6.12. The van der Waals surface area contributed by atoms with Gasteiger partial charge in [-0.2, -0.15) is 0 Å². The Morgan fingerprint density at radius 1 is 1.38 bits per heavy atom. The molecule has 1 aromatic rings. The van der Waals surface area contributed by atoms with Gasteiger partial charge in [-0.3, -0.25) is 10.1 Å². The molecule has 1 aromatic carbocycles. The fraction of sp³-hybridized carbons (Fsp3) is 0. The quantitative estimate of drug-likeness (QED) is 0.382. The molecule has 0 fully saturated rings. The summed E-state index contributed by atoms with van der Waals surface area (Å²) >= 11 is 0. The van der Waals surface area contributed by atoms with Gasteiger partial charge in [0.2, 0.25) is 0 Å². The molecule has 0 aliphatic carbocycles. The zero-order valence-electron chi connectivity index (χ0n) is 6.12. The van der Waals surface area contributed by atoms with Crippen LogP contribution in [0.5, 0.6) is 0 Å². The lowest BCUT2D eigenvalue weighted by molar-refractivity contribution is -0.384. The van der Waals surface area contributed by atoms with Gasteiger partial charge in [-0.15, -0.1) is 0 Å². The highest BCUT2D eigenvalue weighted by atomic mass is 19.2. The van der Waals surface area contributed by atoms with Crippen LogP contribution in [0.4, 0.5) is 20.2 Å². The highest BCUT2D eigenvalue weighted by Crippen LogP contribution is 2.29. The average Bonchev–Trinajstić information content (AvgIpc) is 2.08. The fourth-order valence-corrected chi connectivity index (χ4v) is 0.762. The normalized spacial score (nSPS) is 9.31. The monoisotopic (exact) mass is 184 g/mol. The Kier molecular flexibility index (Phi) is 2.19. The van der Waals surface area contributed by atoms with Gasteiger partial charge < -0.3 is 0 Å². The molecule has 4 nitrogen and oxygen atoms in total. The van der Waals surface area contributed by atoms with Gasteiger partial charge in [-0.05, 0) is 6.07 Å². The first-order valence-corrected chi connectivity index (χ1v) is 3.07. The number of nitro benzene ring substituents is 1. The molecule has 0 heterocycles. The minimum absolute atomic E-state index is 0.392. The summed E-state index contributed by atoms with van der Waals surface area (Å²) in [5.74, 6) is -2.60. The van der Waals surface area contributed by atoms with Crippen molar-refractivity contribution in [3.8, 4) is 0 Å². The Morgan fingerprint density at radius 2 is 1.92 bits per heavy atom. The standard InChI is InChI=1S/C7H2F2N2O2/c1-10-6-2-4(8)5(9)3-7(6)11(12)13/h2-3H. The third-order valence-electron chi connectivity index (χ3n) is 1.33. The molecule has 0 bridgehead atoms. The lowest BCUT2D eigenvalue weighted by Crippen LogP contribution is -1.91. The summed E-state index contributed by atoms with van der Waals surface area (Å²) in [6.07, 6.45) is 0. The summed E-state index contributed by atoms with van der Waals surface area (Å²) in [5.41, 5.74) is -1.24. The van der Waals surface area contributed by atoms with Gasteiger partial charge in [0.1, 0.15) is 5.82 Å². The second-order valence-electron chi connectivity index (χ2n) is 2.12. The van der Waals surface area contributed by atoms with Gasteiger partial charge in [0.05, 0.1) is 11.5 Å². The van der Waals surface area contributed by atoms with Crippen LogP contribution in [-0.2, 0) is 0 Å². The van der Waals surface area contributed by atoms with E-state index in [1.807, 2.05) is 0 Å². The number of hydrogen-bond donors (Lipinski definition) is 0. The van der Waals surface area contributed by atoms with E-state index in [-0.39, 0.29) is 0 Å². The van der Waals surface area contributed by atoms with Crippen LogP contribution in [0.3, 0.4) is 0 Å². The van der Waals surface area contributed by atoms with Crippen molar-refractivity contribution in [3.63, 3.8) is 0 Å². The molecule has 1 rings (SSSR count). The summed E-state index contributed by atoms with van der Waals surface area (Å²) in [4.78, 5) is 12.0. The molecular formula is C7H2F2N2O2. The van der Waals surface area contributed by atoms with E-state index in [0.717, 1.165) is 0 Å². The van der Waals surface area contributed by atoms with Crippen LogP contribution in [0.1, 0.15) is 0 Å². The van der Waals surface area contributed by atoms with Crippen molar-refractivity contribution in [3.05, 3.63) is 45.3 Å². The molecule has 13 heavy (non-hydrogen) atoms. The Morgan fingerprint density at radius 3 is 2.38 bits per heavy atom. The largest absolute Gasteiger partial charge is 0.282 e. The summed E-state index contributed by atoms with van der Waals surface area (Å²) in [5, 5.41) is 10.2. The number of nitro groups is 1. The minimum Gasteiger partial charge on any atom is -0.260 e. The van der Waals surface area contributed by atoms with E-state index < -0.39 is 27.9 Å². The molecular weight excluding hydrogens is 182 g/mol. The minimum atomic E-state index is -1.33. The Hall–Kier alpha value is -2.03. The van der Waals surface area contributed by atoms with Crippen molar-refractivity contribution >= 4 is 11.4 Å². The predicted molar refractivity (Wildman–Crippen MR) is 39.3 cm³/mol. The molecule has 0 saturated carbocycles. The average molecular weight is 184 g/mol. The van der Waals surface area contributed by atoms with Crippen molar-refractivity contribution in [2.45, 2.75) is 0 Å². The number of benzene rings is 1. The van der Waals surface area contributed by atoms with Crippen LogP contribution < -0.4 is 0 Å². The summed E-state index contributed by atoms with van der Waals surface area (Å²) in [6, 6.07) is 0.892. The van der Waals surface area contributed by atoms with Gasteiger partial charge in [0.25, 0.3) is 11.4 Å². The van der Waals surface area contributed by atoms with E-state index in [1.165, 1.54) is 0 Å². The SMILES string of the molecule is [C-]#[N+]c1cc(F)c(F)cc1[N+](=O)[O-]. The van der Waals surface area contributed by atoms with E-state index in [0.29, 0.717) is 12.1 Å². The van der Waals surface area contributed by atoms with E-state index in [4.69, 9.17) is 6.57 Å². The number of nitrogens with zero attached hydrogens (tertiary/aromatic N) is 2. The van der Waals surface area contributed by atoms with Crippen LogP contribution in [0.15, 0.2) is 12.1 Å². The molecule has 0 atom stereocenters. The van der Waals surface area contributed by atoms with Crippen molar-refractivity contribution in [2.75, 3.05) is 0 Å². The van der Waals surface area contributed by atoms with Crippen molar-refractivity contribution in [1.82, 2.24) is 0 Å². The number of rotatable bonds is 1. The fourth-order valence-electron chi connectivity index (χ4n) is 0.762. The number of halogens is 2. The molecule has 0 amide bonds. The summed E-state index contributed by atoms with van der Waals surface area (Å²) < 4.78 is 24.9. The Balaban J connectivity index is 3.44. The molecule has 0 saturated heterocycles. The lowest BCUT2D eigenvalue weighted by Gasteiger charge is -1.95. The third-order valence-corrected chi connectivity index (χ3v) is 1.33. The zero-order chi connectivity index (χ0) is 10.0. The lowest BCUT2D eigenvalue weighted by atomic mass is 10.2. The van der Waals surface area contributed by atoms with Gasteiger partial charge in [-0.1, -0.05) is 0 Å². The first kappa shape index (κ1) is 9.06. The van der Waals surface area contributed by atoms with Gasteiger partial charge in [0.15, 0.2) is 5.82 Å². The maximum Gasteiger partial charge on any atom is 0.282 e. The van der Waals surface area contributed by atoms with Crippen LogP contribution >= 0.6 is 0 Å². The smallest absolute Gasteiger partial charge is 0.260 e. The van der Waals surface area contributed by atoms with Crippen LogP contribution in [-0.4, -0.2) is 4.92 Å². The molecule has 66 valence electrons. The summed E-state index contributed by atoms with van der Waals surface area (Å²) in [7, 11) is 0. The van der Waals surface area contributed by atoms with E-state index in [2.05, 4.69) is 4.85 Å². The predicted octanol–water partition coefficient (Wildman–Crippen LogP) is 2.42. The van der Waals surface area contributed by atoms with Crippen LogP contribution in [0.25, 0.3) is 4.85 Å². The molecule has 0 unspecified atom stereocenters. The highest BCUT2D eigenvalue weighted by Gasteiger charge is 2.18. The second kappa shape index (κ2) is 3.15. The Labute approximate surface area is 71.4 Å². The molecule has 0 spiro atoms. The van der Waals surface area contributed by atoms with Crippen LogP contribution in [0, 0.1) is 28.3 Å². The third kappa shape index (κ3) is 1.59. The van der Waals surface area contributed by atoms with E-state index in [9.17, 15) is 18.9 Å². The van der Waals surface area contributed by atoms with Crippen molar-refractivity contribution in [1.29, 1.82) is 0 Å². The van der Waals surface area contributed by atoms with E-state index >= 15 is 0 Å². The second-order valence-corrected chi connectivity index (χ2v) is 2.12. The molecule has 0 aromatic heterocycles. The maximum atomic E-state index is 12.5. The van der Waals surface area contributed by atoms with Crippen molar-refractivity contribution in [2.24, 2.45) is 0 Å². The maximum absolute atomic E-state index is 12.5. The summed E-state index contributed by atoms with van der Waals surface area (Å²) in [6.45, 7) is 6.48. The molecule has 0 aliphatic heterocycles. The van der Waals surface area contributed by atoms with Gasteiger partial charge in [-0.25, -0.2) is 13.6 Å². The molecule has 0 N–H and O–H groups in total. The van der Waals surface area contributed by atoms with Crippen LogP contribution in [0.2, 0.25) is 0 Å². The molecule has 0 aliphatic rings. The first-order valence-electron chi connectivity index (χ1n) is 3.07. The Bertz CT molecular complexity index is 412. The number of hydrogen-bond acceptors (Lipinski definition) is 2. The topological polar surface area (TPSA) is 47.5 Å². The highest BCUT2D eigenvalue weighted by molar-refractivity contribution is 5.62. The molecule has 0 radical (unpaired) electrons. The van der Waals surface area contributed by atoms with Gasteiger partial charge in [0, 0.05) is 6.07 Å². The molecule has 6 heteroatoms. The first-order chi connectivity index (χ1) is 6.06.